The van der Waals surface area contributed by atoms with Gasteiger partial charge in [-0.05, 0) is 19.9 Å². The normalized spacial score (nSPS) is 9.38. The van der Waals surface area contributed by atoms with Crippen LogP contribution in [0.4, 0.5) is 4.79 Å². The molecule has 0 aliphatic carbocycles. The van der Waals surface area contributed by atoms with Crippen molar-refractivity contribution in [2.45, 2.75) is 13.8 Å². The van der Waals surface area contributed by atoms with Crippen LogP contribution >= 0.6 is 0 Å². The van der Waals surface area contributed by atoms with Gasteiger partial charge in [0.25, 0.3) is 0 Å². The summed E-state index contributed by atoms with van der Waals surface area (Å²) in [6.45, 7) is 3.99. The summed E-state index contributed by atoms with van der Waals surface area (Å²) >= 11 is 0. The Labute approximate surface area is 93.8 Å². The Morgan fingerprint density at radius 1 is 1.31 bits per heavy atom. The highest BCUT2D eigenvalue weighted by Crippen LogP contribution is 1.85. The summed E-state index contributed by atoms with van der Waals surface area (Å²) in [5.74, 6) is 0. The van der Waals surface area contributed by atoms with Crippen LogP contribution in [0.3, 0.4) is 0 Å². The second-order valence-electron chi connectivity index (χ2n) is 3.17. The van der Waals surface area contributed by atoms with Crippen LogP contribution in [0, 0.1) is 6.92 Å². The molecule has 1 aromatic heterocycles. The van der Waals surface area contributed by atoms with E-state index in [1.54, 1.807) is 37.5 Å². The lowest BCUT2D eigenvalue weighted by Crippen LogP contribution is -2.42. The lowest BCUT2D eigenvalue weighted by molar-refractivity contribution is -0.586. The van der Waals surface area contributed by atoms with E-state index in [0.29, 0.717) is 6.61 Å². The topological polar surface area (TPSA) is 47.2 Å². The van der Waals surface area contributed by atoms with Crippen LogP contribution in [-0.2, 0) is 4.74 Å². The van der Waals surface area contributed by atoms with Crippen molar-refractivity contribution in [2.24, 2.45) is 0 Å². The van der Waals surface area contributed by atoms with Crippen molar-refractivity contribution in [1.82, 2.24) is 0 Å². The van der Waals surface area contributed by atoms with Gasteiger partial charge in [-0.15, -0.1) is 0 Å². The maximum Gasteiger partial charge on any atom is 0.601 e. The molecule has 0 saturated carbocycles. The van der Waals surface area contributed by atoms with E-state index >= 15 is 0 Å². The first-order chi connectivity index (χ1) is 7.65. The number of aromatic nitrogens is 1. The number of carbonyl (C=O) groups excluding carboxylic acids is 1. The van der Waals surface area contributed by atoms with Gasteiger partial charge in [0.05, 0.1) is 6.61 Å². The number of hydrogen-bond donors (Lipinski definition) is 0. The molecule has 2 rings (SSSR count). The minimum absolute atomic E-state index is 0.213. The van der Waals surface area contributed by atoms with E-state index in [-0.39, 0.29) is 11.5 Å². The summed E-state index contributed by atoms with van der Waals surface area (Å²) in [6.07, 6.45) is 2.96. The summed E-state index contributed by atoms with van der Waals surface area (Å²) in [6, 6.07) is 7.00. The molecule has 84 valence electrons. The highest BCUT2D eigenvalue weighted by atomic mass is 16.5. The van der Waals surface area contributed by atoms with Crippen LogP contribution in [-0.4, -0.2) is 12.7 Å². The second kappa shape index (κ2) is 5.80. The Kier molecular flexibility index (Phi) is 4.39. The molecule has 0 N–H and O–H groups in total. The van der Waals surface area contributed by atoms with E-state index in [1.807, 2.05) is 13.0 Å². The highest BCUT2D eigenvalue weighted by Gasteiger charge is 2.12. The van der Waals surface area contributed by atoms with Crippen molar-refractivity contribution in [1.29, 1.82) is 0 Å². The fourth-order valence-corrected chi connectivity index (χ4v) is 0.879. The standard InChI is InChI=1S/C8H10NO2.C4H4O/c1-2-11-8(10)9-6-4-3-5-7-9;1-3-2-4(3)5/h3-7H,2H2,1H3;2H,1H3/q+1;. The summed E-state index contributed by atoms with van der Waals surface area (Å²) in [7, 11) is 0. The minimum atomic E-state index is -0.340. The van der Waals surface area contributed by atoms with E-state index in [1.165, 1.54) is 4.57 Å². The lowest BCUT2D eigenvalue weighted by Gasteiger charge is -1.92. The molecule has 0 fully saturated rings. The smallest absolute Gasteiger partial charge is 0.412 e. The highest BCUT2D eigenvalue weighted by molar-refractivity contribution is 5.56. The van der Waals surface area contributed by atoms with Gasteiger partial charge < -0.3 is 4.74 Å². The van der Waals surface area contributed by atoms with Crippen molar-refractivity contribution >= 4 is 6.09 Å². The third-order valence-corrected chi connectivity index (χ3v) is 1.85. The first-order valence-corrected chi connectivity index (χ1v) is 5.01. The molecule has 4 heteroatoms. The Bertz CT molecular complexity index is 455. The molecule has 0 amide bonds. The zero-order chi connectivity index (χ0) is 12.0. The van der Waals surface area contributed by atoms with Crippen molar-refractivity contribution < 1.29 is 14.1 Å². The van der Waals surface area contributed by atoms with Crippen LogP contribution in [0.5, 0.6) is 0 Å². The van der Waals surface area contributed by atoms with Gasteiger partial charge in [0.15, 0.2) is 17.8 Å². The van der Waals surface area contributed by atoms with E-state index in [0.717, 1.165) is 5.56 Å². The molecule has 0 aliphatic rings. The molecule has 0 unspecified atom stereocenters. The fraction of sp³-hybridized carbons (Fsp3) is 0.250. The van der Waals surface area contributed by atoms with Crippen molar-refractivity contribution in [3.63, 3.8) is 0 Å². The fourth-order valence-electron chi connectivity index (χ4n) is 0.879. The number of hydrogen-bond acceptors (Lipinski definition) is 3. The molecule has 0 radical (unpaired) electrons. The first-order valence-electron chi connectivity index (χ1n) is 5.01. The number of aryl methyl sites for hydroxylation is 1. The van der Waals surface area contributed by atoms with Gasteiger partial charge in [0.2, 0.25) is 0 Å². The zero-order valence-electron chi connectivity index (χ0n) is 9.34. The van der Waals surface area contributed by atoms with Gasteiger partial charge in [-0.2, -0.15) is 4.79 Å². The SMILES string of the molecule is CCOC(=O)[n+]1ccccc1.Cc1cc1=O. The average Bonchev–Trinajstić information content (AvgIpc) is 2.94. The van der Waals surface area contributed by atoms with E-state index in [9.17, 15) is 9.59 Å². The van der Waals surface area contributed by atoms with Crippen LogP contribution in [0.15, 0.2) is 41.5 Å². The van der Waals surface area contributed by atoms with E-state index < -0.39 is 0 Å². The number of nitrogens with zero attached hydrogens (tertiary/aromatic N) is 1. The minimum Gasteiger partial charge on any atom is -0.412 e. The van der Waals surface area contributed by atoms with Crippen LogP contribution < -0.4 is 10.00 Å². The number of pyridine rings is 1. The number of carbonyl (C=O) groups is 1. The molecular weight excluding hydrogens is 206 g/mol. The molecule has 2 aromatic rings. The summed E-state index contributed by atoms with van der Waals surface area (Å²) in [5.41, 5.74) is 1.12. The molecule has 0 saturated heterocycles. The van der Waals surface area contributed by atoms with Crippen molar-refractivity contribution in [3.05, 3.63) is 52.4 Å². The van der Waals surface area contributed by atoms with Crippen LogP contribution in [0.25, 0.3) is 0 Å². The van der Waals surface area contributed by atoms with E-state index in [4.69, 9.17) is 4.74 Å². The van der Waals surface area contributed by atoms with Crippen molar-refractivity contribution in [3.8, 4) is 0 Å². The predicted molar refractivity (Wildman–Crippen MR) is 58.9 cm³/mol. The lowest BCUT2D eigenvalue weighted by atomic mass is 10.5. The molecule has 1 heterocycles. The summed E-state index contributed by atoms with van der Waals surface area (Å²) in [4.78, 5) is 20.8. The maximum atomic E-state index is 11.0. The third-order valence-electron chi connectivity index (χ3n) is 1.85. The van der Waals surface area contributed by atoms with Crippen LogP contribution in [0.2, 0.25) is 0 Å². The molecule has 0 spiro atoms. The summed E-state index contributed by atoms with van der Waals surface area (Å²) in [5, 5.41) is 0. The third kappa shape index (κ3) is 4.04. The van der Waals surface area contributed by atoms with E-state index in [2.05, 4.69) is 0 Å². The number of ether oxygens (including phenoxy) is 1. The zero-order valence-corrected chi connectivity index (χ0v) is 9.34. The Balaban J connectivity index is 0.000000212. The first kappa shape index (κ1) is 12.1. The van der Waals surface area contributed by atoms with Gasteiger partial charge in [-0.3, -0.25) is 4.79 Å². The molecule has 0 atom stereocenters. The molecule has 1 aromatic carbocycles. The average molecular weight is 220 g/mol. The molecule has 0 aliphatic heterocycles. The molecule has 0 bridgehead atoms. The van der Waals surface area contributed by atoms with Crippen molar-refractivity contribution in [2.75, 3.05) is 6.61 Å². The largest absolute Gasteiger partial charge is 0.601 e. The van der Waals surface area contributed by atoms with Gasteiger partial charge in [0.1, 0.15) is 0 Å². The van der Waals surface area contributed by atoms with Gasteiger partial charge in [0, 0.05) is 17.7 Å². The second-order valence-corrected chi connectivity index (χ2v) is 3.17. The van der Waals surface area contributed by atoms with Gasteiger partial charge >= 0.3 is 6.09 Å². The Morgan fingerprint density at radius 2 is 1.81 bits per heavy atom. The summed E-state index contributed by atoms with van der Waals surface area (Å²) < 4.78 is 6.14. The van der Waals surface area contributed by atoms with Gasteiger partial charge in [-0.25, -0.2) is 0 Å². The number of rotatable bonds is 1. The maximum absolute atomic E-state index is 11.0. The van der Waals surface area contributed by atoms with Gasteiger partial charge in [-0.1, -0.05) is 10.6 Å². The molecule has 16 heavy (non-hydrogen) atoms. The molecular formula is C12H14NO3+. The monoisotopic (exact) mass is 220 g/mol. The van der Waals surface area contributed by atoms with Crippen LogP contribution in [0.1, 0.15) is 12.5 Å². The quantitative estimate of drug-likeness (QED) is 0.679. The Morgan fingerprint density at radius 3 is 2.19 bits per heavy atom. The predicted octanol–water partition coefficient (Wildman–Crippen LogP) is 1.21. The Hall–Kier alpha value is -1.97. The molecule has 4 nitrogen and oxygen atoms in total.